The average Bonchev–Trinajstić information content (AvgIpc) is 3.96. The first-order chi connectivity index (χ1) is 30.0. The molecule has 3 saturated heterocycles. The van der Waals surface area contributed by atoms with Crippen molar-refractivity contribution < 1.29 is 0 Å². The molecule has 12 aliphatic rings. The van der Waals surface area contributed by atoms with Gasteiger partial charge in [0.1, 0.15) is 0 Å². The van der Waals surface area contributed by atoms with Crippen molar-refractivity contribution in [1.29, 1.82) is 5.26 Å². The molecule has 4 aliphatic heterocycles. The minimum Gasteiger partial charge on any atom is -0.341 e. The SMILES string of the molecule is CC1CCC2=C(C1)C1CC(C)CCC1N2C1=CC(N2C3C=CCCC3C3CCCCC32)C(C#N)C=C1C1NC(C2CCCCC2)NC(C2C=CCC3C4CCCCC4SC23)N1. The third-order valence-electron chi connectivity index (χ3n) is 19.6. The largest absolute Gasteiger partial charge is 0.341 e. The van der Waals surface area contributed by atoms with Crippen LogP contribution in [0, 0.1) is 70.5 Å². The Bertz CT molecular complexity index is 1850. The van der Waals surface area contributed by atoms with E-state index in [1.165, 1.54) is 153 Å². The molecular formula is C54H78N6S. The van der Waals surface area contributed by atoms with Gasteiger partial charge in [0, 0.05) is 57.4 Å². The van der Waals surface area contributed by atoms with Gasteiger partial charge in [0.05, 0.1) is 36.5 Å². The van der Waals surface area contributed by atoms with Crippen LogP contribution < -0.4 is 16.0 Å². The number of rotatable bonds is 5. The minimum absolute atomic E-state index is 0.0140. The third-order valence-corrected chi connectivity index (χ3v) is 21.5. The van der Waals surface area contributed by atoms with Crippen molar-refractivity contribution in [1.82, 2.24) is 25.8 Å². The Balaban J connectivity index is 0.960. The first-order valence-electron chi connectivity index (χ1n) is 26.4. The summed E-state index contributed by atoms with van der Waals surface area (Å²) in [5.74, 6) is 6.48. The molecule has 0 aromatic rings. The van der Waals surface area contributed by atoms with Gasteiger partial charge < -0.3 is 4.90 Å². The van der Waals surface area contributed by atoms with Crippen LogP contribution in [-0.2, 0) is 0 Å². The lowest BCUT2D eigenvalue weighted by molar-refractivity contribution is 0.106. The minimum atomic E-state index is -0.155. The Kier molecular flexibility index (Phi) is 11.2. The molecule has 4 saturated carbocycles. The molecule has 0 spiro atoms. The summed E-state index contributed by atoms with van der Waals surface area (Å²) in [5.41, 5.74) is 6.40. The zero-order valence-corrected chi connectivity index (χ0v) is 38.6. The molecule has 18 unspecified atom stereocenters. The van der Waals surface area contributed by atoms with Crippen molar-refractivity contribution >= 4 is 11.8 Å². The predicted octanol–water partition coefficient (Wildman–Crippen LogP) is 10.9. The maximum atomic E-state index is 11.5. The Labute approximate surface area is 373 Å². The van der Waals surface area contributed by atoms with Crippen LogP contribution in [0.25, 0.3) is 0 Å². The highest BCUT2D eigenvalue weighted by molar-refractivity contribution is 8.00. The van der Waals surface area contributed by atoms with Crippen LogP contribution in [-0.4, -0.2) is 63.0 Å². The summed E-state index contributed by atoms with van der Waals surface area (Å²) in [6.45, 7) is 5.05. The van der Waals surface area contributed by atoms with E-state index in [2.05, 4.69) is 93.9 Å². The van der Waals surface area contributed by atoms with Gasteiger partial charge in [-0.05, 0) is 149 Å². The summed E-state index contributed by atoms with van der Waals surface area (Å²) in [7, 11) is 0. The smallest absolute Gasteiger partial charge is 0.0877 e. The number of nitriles is 1. The molecule has 18 atom stereocenters. The molecule has 61 heavy (non-hydrogen) atoms. The van der Waals surface area contributed by atoms with E-state index in [9.17, 15) is 5.26 Å². The summed E-state index contributed by atoms with van der Waals surface area (Å²) >= 11 is 2.39. The Morgan fingerprint density at radius 3 is 2.41 bits per heavy atom. The van der Waals surface area contributed by atoms with Gasteiger partial charge >= 0.3 is 0 Å². The van der Waals surface area contributed by atoms with Gasteiger partial charge in [-0.1, -0.05) is 89.2 Å². The van der Waals surface area contributed by atoms with Gasteiger partial charge in [-0.3, -0.25) is 20.9 Å². The normalized spacial score (nSPS) is 48.6. The van der Waals surface area contributed by atoms with E-state index in [1.54, 1.807) is 5.70 Å². The molecule has 4 heterocycles. The summed E-state index contributed by atoms with van der Waals surface area (Å²) in [4.78, 5) is 5.96. The molecule has 8 aliphatic carbocycles. The maximum absolute atomic E-state index is 11.5. The van der Waals surface area contributed by atoms with Crippen molar-refractivity contribution in [2.75, 3.05) is 0 Å². The number of fused-ring (bicyclic) bond motifs is 8. The van der Waals surface area contributed by atoms with Gasteiger partial charge in [0.2, 0.25) is 0 Å². The zero-order chi connectivity index (χ0) is 40.8. The summed E-state index contributed by atoms with van der Waals surface area (Å²) in [5, 5.41) is 26.1. The lowest BCUT2D eigenvalue weighted by atomic mass is 9.72. The first kappa shape index (κ1) is 40.7. The number of hydrogen-bond donors (Lipinski definition) is 3. The second-order valence-electron chi connectivity index (χ2n) is 23.0. The highest BCUT2D eigenvalue weighted by atomic mass is 32.2. The van der Waals surface area contributed by atoms with E-state index in [0.29, 0.717) is 41.1 Å². The highest BCUT2D eigenvalue weighted by Crippen LogP contribution is 2.57. The third kappa shape index (κ3) is 7.07. The number of nitrogens with one attached hydrogen (secondary N) is 3. The average molecular weight is 843 g/mol. The molecule has 0 aromatic carbocycles. The molecule has 3 N–H and O–H groups in total. The monoisotopic (exact) mass is 843 g/mol. The molecule has 12 rings (SSSR count). The van der Waals surface area contributed by atoms with Crippen molar-refractivity contribution in [3.05, 3.63) is 59.0 Å². The first-order valence-corrected chi connectivity index (χ1v) is 27.4. The molecule has 0 aromatic heterocycles. The molecule has 7 heteroatoms. The molecule has 7 fully saturated rings. The number of likely N-dealkylation sites (tertiary alicyclic amines) is 1. The van der Waals surface area contributed by atoms with Crippen LogP contribution in [0.5, 0.6) is 0 Å². The summed E-state index contributed by atoms with van der Waals surface area (Å²) in [6, 6.07) is 4.77. The molecule has 6 nitrogen and oxygen atoms in total. The topological polar surface area (TPSA) is 66.4 Å². The number of allylic oxidation sites excluding steroid dienone is 3. The van der Waals surface area contributed by atoms with Crippen molar-refractivity contribution in [2.24, 2.45) is 59.2 Å². The highest BCUT2D eigenvalue weighted by Gasteiger charge is 2.55. The molecular weight excluding hydrogens is 765 g/mol. The maximum Gasteiger partial charge on any atom is 0.0877 e. The fraction of sp³-hybridized carbons (Fsp3) is 0.796. The van der Waals surface area contributed by atoms with Gasteiger partial charge in [-0.15, -0.1) is 0 Å². The van der Waals surface area contributed by atoms with E-state index < -0.39 is 0 Å². The number of thioether (sulfide) groups is 1. The Hall–Kier alpha value is -1.82. The fourth-order valence-electron chi connectivity index (χ4n) is 16.9. The lowest BCUT2D eigenvalue weighted by Gasteiger charge is -2.50. The van der Waals surface area contributed by atoms with E-state index in [1.807, 2.05) is 5.57 Å². The van der Waals surface area contributed by atoms with Crippen LogP contribution >= 0.6 is 11.8 Å². The van der Waals surface area contributed by atoms with Crippen molar-refractivity contribution in [3.8, 4) is 6.07 Å². The van der Waals surface area contributed by atoms with E-state index in [4.69, 9.17) is 0 Å². The van der Waals surface area contributed by atoms with Gasteiger partial charge in [-0.25, -0.2) is 0 Å². The van der Waals surface area contributed by atoms with Crippen LogP contribution in [0.2, 0.25) is 0 Å². The molecule has 0 bridgehead atoms. The van der Waals surface area contributed by atoms with Crippen LogP contribution in [0.4, 0.5) is 0 Å². The van der Waals surface area contributed by atoms with Crippen LogP contribution in [0.3, 0.4) is 0 Å². The second-order valence-corrected chi connectivity index (χ2v) is 24.4. The summed E-state index contributed by atoms with van der Waals surface area (Å²) in [6.07, 6.45) is 45.6. The van der Waals surface area contributed by atoms with Crippen molar-refractivity contribution in [3.63, 3.8) is 0 Å². The zero-order valence-electron chi connectivity index (χ0n) is 37.7. The van der Waals surface area contributed by atoms with Gasteiger partial charge in [0.15, 0.2) is 0 Å². The van der Waals surface area contributed by atoms with E-state index in [0.717, 1.165) is 40.8 Å². The Morgan fingerprint density at radius 2 is 1.52 bits per heavy atom. The Morgan fingerprint density at radius 1 is 0.705 bits per heavy atom. The standard InChI is InChI=1S/C54H78N6S/c1-32-23-25-46-41(27-32)42-28-33(2)24-26-47(42)60(46)49-30-48(59-44-20-9-6-15-36(44)37-16-7-10-21-45(37)59)35(31-55)29-43(49)54-57-52(34-13-4-3-5-14-34)56-53(58-54)40-19-12-18-39-38-17-8-11-22-50(38)61-51(39)40/h9,12,19-20,29-30,32-41,44-46,48,50-54,56-58H,3-8,10-11,13-18,21-28H2,1-2H3. The van der Waals surface area contributed by atoms with Gasteiger partial charge in [-0.2, -0.15) is 17.0 Å². The molecule has 0 radical (unpaired) electrons. The number of hydrogen-bond acceptors (Lipinski definition) is 7. The van der Waals surface area contributed by atoms with Crippen LogP contribution in [0.1, 0.15) is 155 Å². The predicted molar refractivity (Wildman–Crippen MR) is 250 cm³/mol. The van der Waals surface area contributed by atoms with Crippen LogP contribution in [0.15, 0.2) is 59.0 Å². The fourth-order valence-corrected chi connectivity index (χ4v) is 19.1. The number of nitrogens with zero attached hydrogens (tertiary/aromatic N) is 3. The summed E-state index contributed by atoms with van der Waals surface area (Å²) < 4.78 is 0. The van der Waals surface area contributed by atoms with E-state index in [-0.39, 0.29) is 30.5 Å². The van der Waals surface area contributed by atoms with Crippen molar-refractivity contribution in [2.45, 2.75) is 208 Å². The lowest BCUT2D eigenvalue weighted by Crippen LogP contribution is -2.72. The van der Waals surface area contributed by atoms with E-state index >= 15 is 0 Å². The molecule has 330 valence electrons. The van der Waals surface area contributed by atoms with Gasteiger partial charge in [0.25, 0.3) is 0 Å². The molecule has 0 amide bonds. The second kappa shape index (κ2) is 16.9. The quantitative estimate of drug-likeness (QED) is 0.238.